The van der Waals surface area contributed by atoms with Gasteiger partial charge in [0.15, 0.2) is 0 Å². The molecule has 0 amide bonds. The third kappa shape index (κ3) is 2.74. The van der Waals surface area contributed by atoms with Gasteiger partial charge >= 0.3 is 5.97 Å². The van der Waals surface area contributed by atoms with Gasteiger partial charge in [-0.15, -0.1) is 0 Å². The molecule has 0 aromatic heterocycles. The molecule has 0 aliphatic heterocycles. The highest BCUT2D eigenvalue weighted by molar-refractivity contribution is 14.1. The van der Waals surface area contributed by atoms with Crippen molar-refractivity contribution in [2.45, 2.75) is 61.6 Å². The molecule has 4 heteroatoms. The molecule has 4 unspecified atom stereocenters. The summed E-state index contributed by atoms with van der Waals surface area (Å²) in [4.78, 5) is 12.0. The fraction of sp³-hybridized carbons (Fsp3) is 0.786. The fourth-order valence-electron chi connectivity index (χ4n) is 3.14. The van der Waals surface area contributed by atoms with Crippen molar-refractivity contribution < 1.29 is 14.6 Å². The van der Waals surface area contributed by atoms with Gasteiger partial charge in [0.1, 0.15) is 9.53 Å². The molecule has 0 saturated heterocycles. The van der Waals surface area contributed by atoms with E-state index in [4.69, 9.17) is 4.74 Å². The highest BCUT2D eigenvalue weighted by Crippen LogP contribution is 2.44. The molecule has 1 saturated carbocycles. The monoisotopic (exact) mass is 364 g/mol. The summed E-state index contributed by atoms with van der Waals surface area (Å²) in [5.41, 5.74) is 0.516. The number of halogens is 1. The third-order valence-corrected chi connectivity index (χ3v) is 5.49. The van der Waals surface area contributed by atoms with Gasteiger partial charge in [0, 0.05) is 0 Å². The Bertz CT molecular complexity index is 366. The molecule has 2 rings (SSSR count). The lowest BCUT2D eigenvalue weighted by atomic mass is 9.69. The molecule has 0 aromatic rings. The van der Waals surface area contributed by atoms with Gasteiger partial charge in [-0.05, 0) is 56.6 Å². The van der Waals surface area contributed by atoms with Gasteiger partial charge in [0.25, 0.3) is 0 Å². The average Bonchev–Trinajstić information content (AvgIpc) is 2.35. The van der Waals surface area contributed by atoms with Crippen molar-refractivity contribution in [2.24, 2.45) is 5.92 Å². The van der Waals surface area contributed by atoms with Crippen molar-refractivity contribution in [1.82, 2.24) is 0 Å². The predicted octanol–water partition coefficient (Wildman–Crippen LogP) is 2.99. The van der Waals surface area contributed by atoms with Gasteiger partial charge in [-0.25, -0.2) is 0 Å². The summed E-state index contributed by atoms with van der Waals surface area (Å²) in [5.74, 6) is 0.144. The molecule has 0 spiro atoms. The SMILES string of the molecule is CCC(I)C(=O)OC12C=C(C)C(O)C(CCC1)C2. The minimum absolute atomic E-state index is 0.0714. The average molecular weight is 364 g/mol. The number of esters is 1. The van der Waals surface area contributed by atoms with Crippen molar-refractivity contribution in [1.29, 1.82) is 0 Å². The van der Waals surface area contributed by atoms with E-state index in [0.29, 0.717) is 0 Å². The number of aliphatic hydroxyl groups is 1. The number of hydrogen-bond donors (Lipinski definition) is 1. The van der Waals surface area contributed by atoms with Gasteiger partial charge in [-0.3, -0.25) is 4.79 Å². The first kappa shape index (κ1) is 14.3. The summed E-state index contributed by atoms with van der Waals surface area (Å²) in [7, 11) is 0. The van der Waals surface area contributed by atoms with E-state index >= 15 is 0 Å². The van der Waals surface area contributed by atoms with Crippen molar-refractivity contribution in [3.63, 3.8) is 0 Å². The summed E-state index contributed by atoms with van der Waals surface area (Å²) in [6.45, 7) is 3.93. The minimum atomic E-state index is -0.443. The number of ether oxygens (including phenoxy) is 1. The van der Waals surface area contributed by atoms with E-state index in [1.165, 1.54) is 0 Å². The van der Waals surface area contributed by atoms with E-state index in [0.717, 1.165) is 37.7 Å². The number of rotatable bonds is 3. The summed E-state index contributed by atoms with van der Waals surface area (Å²) in [5, 5.41) is 10.1. The van der Waals surface area contributed by atoms with Crippen molar-refractivity contribution in [3.05, 3.63) is 11.6 Å². The number of aliphatic hydroxyl groups excluding tert-OH is 1. The zero-order chi connectivity index (χ0) is 13.3. The zero-order valence-corrected chi connectivity index (χ0v) is 13.1. The highest BCUT2D eigenvalue weighted by Gasteiger charge is 2.44. The maximum absolute atomic E-state index is 12.0. The molecule has 0 aromatic carbocycles. The second-order valence-electron chi connectivity index (χ2n) is 5.55. The molecule has 0 heterocycles. The van der Waals surface area contributed by atoms with E-state index in [1.54, 1.807) is 0 Å². The smallest absolute Gasteiger partial charge is 0.319 e. The molecule has 18 heavy (non-hydrogen) atoms. The molecule has 3 nitrogen and oxygen atoms in total. The molecule has 2 aliphatic carbocycles. The van der Waals surface area contributed by atoms with Gasteiger partial charge in [-0.2, -0.15) is 0 Å². The maximum Gasteiger partial charge on any atom is 0.319 e. The largest absolute Gasteiger partial charge is 0.454 e. The van der Waals surface area contributed by atoms with E-state index in [9.17, 15) is 9.90 Å². The van der Waals surface area contributed by atoms with Crippen LogP contribution < -0.4 is 0 Å². The lowest BCUT2D eigenvalue weighted by molar-refractivity contribution is -0.160. The first-order chi connectivity index (χ1) is 8.47. The minimum Gasteiger partial charge on any atom is -0.454 e. The van der Waals surface area contributed by atoms with Crippen LogP contribution in [0.15, 0.2) is 11.6 Å². The second-order valence-corrected chi connectivity index (χ2v) is 7.05. The van der Waals surface area contributed by atoms with Crippen LogP contribution in [-0.2, 0) is 9.53 Å². The van der Waals surface area contributed by atoms with Gasteiger partial charge in [0.05, 0.1) is 6.10 Å². The van der Waals surface area contributed by atoms with Crippen molar-refractivity contribution in [2.75, 3.05) is 0 Å². The van der Waals surface area contributed by atoms with Crippen LogP contribution in [0.4, 0.5) is 0 Å². The molecule has 2 aliphatic rings. The van der Waals surface area contributed by atoms with Crippen LogP contribution in [0.5, 0.6) is 0 Å². The topological polar surface area (TPSA) is 46.5 Å². The number of carbonyl (C=O) groups excluding carboxylic acids is 1. The Morgan fingerprint density at radius 1 is 1.72 bits per heavy atom. The molecular formula is C14H21IO3. The molecule has 2 bridgehead atoms. The van der Waals surface area contributed by atoms with Crippen LogP contribution in [0.3, 0.4) is 0 Å². The number of fused-ring (bicyclic) bond motifs is 2. The number of hydrogen-bond acceptors (Lipinski definition) is 3. The quantitative estimate of drug-likeness (QED) is 0.363. The number of alkyl halides is 1. The van der Waals surface area contributed by atoms with E-state index < -0.39 is 5.60 Å². The molecule has 4 atom stereocenters. The van der Waals surface area contributed by atoms with Crippen molar-refractivity contribution >= 4 is 28.6 Å². The summed E-state index contributed by atoms with van der Waals surface area (Å²) >= 11 is 2.14. The second kappa shape index (κ2) is 5.49. The van der Waals surface area contributed by atoms with Crippen LogP contribution in [0.2, 0.25) is 0 Å². The third-order valence-electron chi connectivity index (χ3n) is 4.10. The molecule has 0 radical (unpaired) electrons. The van der Waals surface area contributed by atoms with E-state index in [1.807, 2.05) is 19.9 Å². The lowest BCUT2D eigenvalue weighted by Crippen LogP contribution is -2.46. The normalized spacial score (nSPS) is 36.8. The molecule has 102 valence electrons. The molecule has 1 N–H and O–H groups in total. The van der Waals surface area contributed by atoms with Crippen LogP contribution in [0.1, 0.15) is 46.0 Å². The number of carbonyl (C=O) groups is 1. The molecule has 1 fully saturated rings. The lowest BCUT2D eigenvalue weighted by Gasteiger charge is -2.44. The molecular weight excluding hydrogens is 343 g/mol. The highest BCUT2D eigenvalue weighted by atomic mass is 127. The zero-order valence-electron chi connectivity index (χ0n) is 11.0. The Morgan fingerprint density at radius 2 is 2.44 bits per heavy atom. The van der Waals surface area contributed by atoms with Crippen LogP contribution in [-0.4, -0.2) is 26.7 Å². The first-order valence-electron chi connectivity index (χ1n) is 6.72. The van der Waals surface area contributed by atoms with E-state index in [2.05, 4.69) is 22.6 Å². The Labute approximate surface area is 122 Å². The Balaban J connectivity index is 2.17. The van der Waals surface area contributed by atoms with Crippen LogP contribution >= 0.6 is 22.6 Å². The van der Waals surface area contributed by atoms with E-state index in [-0.39, 0.29) is 21.9 Å². The standard InChI is InChI=1S/C14H21IO3/c1-3-11(15)13(17)18-14-6-4-5-10(8-14)12(16)9(2)7-14/h7,10-12,16H,3-6,8H2,1-2H3. The maximum atomic E-state index is 12.0. The summed E-state index contributed by atoms with van der Waals surface area (Å²) < 4.78 is 5.72. The van der Waals surface area contributed by atoms with Gasteiger partial charge in [-0.1, -0.05) is 29.5 Å². The Hall–Kier alpha value is -0.100. The van der Waals surface area contributed by atoms with Gasteiger partial charge < -0.3 is 9.84 Å². The van der Waals surface area contributed by atoms with Crippen LogP contribution in [0.25, 0.3) is 0 Å². The summed E-state index contributed by atoms with van der Waals surface area (Å²) in [6, 6.07) is 0. The van der Waals surface area contributed by atoms with Crippen LogP contribution in [0, 0.1) is 5.92 Å². The first-order valence-corrected chi connectivity index (χ1v) is 7.96. The van der Waals surface area contributed by atoms with Crippen molar-refractivity contribution in [3.8, 4) is 0 Å². The predicted molar refractivity (Wildman–Crippen MR) is 78.6 cm³/mol. The summed E-state index contributed by atoms with van der Waals surface area (Å²) in [6.07, 6.45) is 6.17. The van der Waals surface area contributed by atoms with Gasteiger partial charge in [0.2, 0.25) is 0 Å². The fourth-order valence-corrected chi connectivity index (χ4v) is 3.26. The Kier molecular flexibility index (Phi) is 4.36. The Morgan fingerprint density at radius 3 is 3.11 bits per heavy atom.